The van der Waals surface area contributed by atoms with Gasteiger partial charge in [-0.3, -0.25) is 24.3 Å². The van der Waals surface area contributed by atoms with Crippen molar-refractivity contribution < 1.29 is 19.1 Å². The summed E-state index contributed by atoms with van der Waals surface area (Å²) in [5.41, 5.74) is -0.465. The van der Waals surface area contributed by atoms with Crippen molar-refractivity contribution in [2.75, 3.05) is 45.9 Å². The van der Waals surface area contributed by atoms with Gasteiger partial charge in [0.2, 0.25) is 17.7 Å². The Kier molecular flexibility index (Phi) is 9.99. The summed E-state index contributed by atoms with van der Waals surface area (Å²) >= 11 is 0. The van der Waals surface area contributed by atoms with Crippen molar-refractivity contribution in [1.29, 1.82) is 0 Å². The smallest absolute Gasteiger partial charge is 0.240 e. The van der Waals surface area contributed by atoms with Crippen molar-refractivity contribution in [3.8, 4) is 5.75 Å². The number of benzene rings is 1. The number of imide groups is 1. The van der Waals surface area contributed by atoms with Gasteiger partial charge in [-0.2, -0.15) is 0 Å². The lowest BCUT2D eigenvalue weighted by molar-refractivity contribution is -0.142. The second kappa shape index (κ2) is 13.2. The highest BCUT2D eigenvalue weighted by Gasteiger charge is 2.53. The van der Waals surface area contributed by atoms with Crippen LogP contribution in [0.25, 0.3) is 0 Å². The first kappa shape index (κ1) is 27.3. The van der Waals surface area contributed by atoms with E-state index in [1.807, 2.05) is 43.3 Å². The van der Waals surface area contributed by atoms with Gasteiger partial charge in [-0.05, 0) is 44.1 Å². The number of pyridine rings is 1. The minimum atomic E-state index is -1.18. The molecule has 1 saturated heterocycles. The Balaban J connectivity index is 1.73. The Morgan fingerprint density at radius 1 is 1.03 bits per heavy atom. The molecule has 2 heterocycles. The van der Waals surface area contributed by atoms with E-state index in [0.717, 1.165) is 19.6 Å². The summed E-state index contributed by atoms with van der Waals surface area (Å²) in [6, 6.07) is 12.9. The van der Waals surface area contributed by atoms with Crippen molar-refractivity contribution >= 4 is 17.7 Å². The van der Waals surface area contributed by atoms with Crippen LogP contribution in [0.5, 0.6) is 5.75 Å². The van der Waals surface area contributed by atoms with Gasteiger partial charge in [0.25, 0.3) is 0 Å². The van der Waals surface area contributed by atoms with Crippen LogP contribution in [-0.2, 0) is 19.8 Å². The normalized spacial score (nSPS) is 17.6. The van der Waals surface area contributed by atoms with E-state index < -0.39 is 5.41 Å². The van der Waals surface area contributed by atoms with E-state index >= 15 is 0 Å². The van der Waals surface area contributed by atoms with Crippen LogP contribution in [0.4, 0.5) is 0 Å². The predicted molar refractivity (Wildman–Crippen MR) is 138 cm³/mol. The first-order valence-corrected chi connectivity index (χ1v) is 12.9. The lowest BCUT2D eigenvalue weighted by atomic mass is 9.75. The van der Waals surface area contributed by atoms with Gasteiger partial charge in [0.1, 0.15) is 5.75 Å². The summed E-state index contributed by atoms with van der Waals surface area (Å²) in [4.78, 5) is 49.7. The number of hydrogen-bond acceptors (Lipinski definition) is 6. The van der Waals surface area contributed by atoms with Crippen molar-refractivity contribution in [3.05, 3.63) is 60.4 Å². The summed E-state index contributed by atoms with van der Waals surface area (Å²) in [7, 11) is 0. The maximum Gasteiger partial charge on any atom is 0.240 e. The van der Waals surface area contributed by atoms with E-state index in [2.05, 4.69) is 23.7 Å². The molecule has 0 bridgehead atoms. The van der Waals surface area contributed by atoms with Gasteiger partial charge < -0.3 is 14.5 Å². The Hall–Kier alpha value is -3.26. The molecular formula is C28H38N4O4. The van der Waals surface area contributed by atoms with Crippen LogP contribution in [0.15, 0.2) is 54.9 Å². The molecule has 1 fully saturated rings. The zero-order chi connectivity index (χ0) is 26.0. The Labute approximate surface area is 214 Å². The Morgan fingerprint density at radius 2 is 1.78 bits per heavy atom. The topological polar surface area (TPSA) is 83.1 Å². The number of rotatable bonds is 14. The molecule has 0 spiro atoms. The van der Waals surface area contributed by atoms with Crippen LogP contribution in [0.1, 0.15) is 45.6 Å². The monoisotopic (exact) mass is 494 g/mol. The lowest BCUT2D eigenvalue weighted by Crippen LogP contribution is -2.45. The zero-order valence-corrected chi connectivity index (χ0v) is 21.7. The summed E-state index contributed by atoms with van der Waals surface area (Å²) in [6.45, 7) is 10.5. The second-order valence-electron chi connectivity index (χ2n) is 9.04. The third-order valence-corrected chi connectivity index (χ3v) is 6.93. The van der Waals surface area contributed by atoms with Gasteiger partial charge in [0.15, 0.2) is 0 Å². The highest BCUT2D eigenvalue weighted by atomic mass is 16.5. The van der Waals surface area contributed by atoms with Crippen LogP contribution < -0.4 is 4.74 Å². The molecule has 3 rings (SSSR count). The molecule has 1 aromatic carbocycles. The van der Waals surface area contributed by atoms with Crippen LogP contribution in [0, 0.1) is 0 Å². The van der Waals surface area contributed by atoms with E-state index in [9.17, 15) is 14.4 Å². The van der Waals surface area contributed by atoms with Crippen molar-refractivity contribution in [2.45, 2.75) is 45.4 Å². The fourth-order valence-electron chi connectivity index (χ4n) is 4.73. The van der Waals surface area contributed by atoms with Crippen LogP contribution in [0.2, 0.25) is 0 Å². The fourth-order valence-corrected chi connectivity index (χ4v) is 4.73. The third-order valence-electron chi connectivity index (χ3n) is 6.93. The number of amides is 3. The zero-order valence-electron chi connectivity index (χ0n) is 21.7. The van der Waals surface area contributed by atoms with Crippen molar-refractivity contribution in [3.63, 3.8) is 0 Å². The predicted octanol–water partition coefficient (Wildman–Crippen LogP) is 3.13. The summed E-state index contributed by atoms with van der Waals surface area (Å²) in [5.74, 6) is -0.000892. The lowest BCUT2D eigenvalue weighted by Gasteiger charge is -2.31. The van der Waals surface area contributed by atoms with Gasteiger partial charge in [0.05, 0.1) is 18.2 Å². The summed E-state index contributed by atoms with van der Waals surface area (Å²) in [6.07, 6.45) is 3.77. The largest absolute Gasteiger partial charge is 0.492 e. The first-order chi connectivity index (χ1) is 17.4. The van der Waals surface area contributed by atoms with E-state index in [-0.39, 0.29) is 37.1 Å². The average Bonchev–Trinajstić information content (AvgIpc) is 3.15. The standard InChI is InChI=1S/C28H38N4O4/c1-4-30(5-2)17-18-31(6-3)25(33)20-28(23-12-8-7-9-13-23)21-26(34)32(27(28)35)16-11-19-36-24-14-10-15-29-22-24/h7-10,12-15,22H,4-6,11,16-21H2,1-3H3/t28-/m1/s1. The summed E-state index contributed by atoms with van der Waals surface area (Å²) < 4.78 is 5.67. The first-order valence-electron chi connectivity index (χ1n) is 12.9. The van der Waals surface area contributed by atoms with E-state index in [1.54, 1.807) is 23.4 Å². The second-order valence-corrected chi connectivity index (χ2v) is 9.04. The molecule has 8 heteroatoms. The number of aromatic nitrogens is 1. The Morgan fingerprint density at radius 3 is 2.42 bits per heavy atom. The minimum absolute atomic E-state index is 0.00134. The van der Waals surface area contributed by atoms with Crippen molar-refractivity contribution in [1.82, 2.24) is 19.7 Å². The minimum Gasteiger partial charge on any atom is -0.492 e. The molecule has 0 unspecified atom stereocenters. The summed E-state index contributed by atoms with van der Waals surface area (Å²) in [5, 5.41) is 0. The molecule has 0 N–H and O–H groups in total. The van der Waals surface area contributed by atoms with Gasteiger partial charge in [-0.1, -0.05) is 44.2 Å². The average molecular weight is 495 g/mol. The van der Waals surface area contributed by atoms with E-state index in [4.69, 9.17) is 4.74 Å². The van der Waals surface area contributed by atoms with Gasteiger partial charge in [-0.25, -0.2) is 0 Å². The van der Waals surface area contributed by atoms with Crippen LogP contribution in [0.3, 0.4) is 0 Å². The molecule has 2 aromatic rings. The number of carbonyl (C=O) groups excluding carboxylic acids is 3. The van der Waals surface area contributed by atoms with Crippen LogP contribution in [-0.4, -0.2) is 83.3 Å². The molecular weight excluding hydrogens is 456 g/mol. The number of carbonyl (C=O) groups is 3. The van der Waals surface area contributed by atoms with E-state index in [0.29, 0.717) is 37.4 Å². The molecule has 0 aliphatic carbocycles. The third kappa shape index (κ3) is 6.49. The molecule has 0 radical (unpaired) electrons. The van der Waals surface area contributed by atoms with Crippen LogP contribution >= 0.6 is 0 Å². The highest BCUT2D eigenvalue weighted by molar-refractivity contribution is 6.10. The molecule has 1 aliphatic heterocycles. The number of likely N-dealkylation sites (N-methyl/N-ethyl adjacent to an activating group) is 2. The van der Waals surface area contributed by atoms with E-state index in [1.165, 1.54) is 4.90 Å². The molecule has 36 heavy (non-hydrogen) atoms. The quantitative estimate of drug-likeness (QED) is 0.296. The molecule has 1 atom stereocenters. The molecule has 0 saturated carbocycles. The molecule has 3 amide bonds. The number of hydrogen-bond donors (Lipinski definition) is 0. The van der Waals surface area contributed by atoms with Gasteiger partial charge >= 0.3 is 0 Å². The fraction of sp³-hybridized carbons (Fsp3) is 0.500. The number of likely N-dealkylation sites (tertiary alicyclic amines) is 1. The Bertz CT molecular complexity index is 997. The molecule has 8 nitrogen and oxygen atoms in total. The van der Waals surface area contributed by atoms with Gasteiger partial charge in [0, 0.05) is 45.2 Å². The molecule has 1 aliphatic rings. The molecule has 194 valence electrons. The van der Waals surface area contributed by atoms with Crippen molar-refractivity contribution in [2.24, 2.45) is 0 Å². The SMILES string of the molecule is CCN(CC)CCN(CC)C(=O)C[C@]1(c2ccccc2)CC(=O)N(CCCOc2cccnc2)C1=O. The highest BCUT2D eigenvalue weighted by Crippen LogP contribution is 2.40. The van der Waals surface area contributed by atoms with Gasteiger partial charge in [-0.15, -0.1) is 0 Å². The number of ether oxygens (including phenoxy) is 1. The molecule has 1 aromatic heterocycles. The number of nitrogens with zero attached hydrogens (tertiary/aromatic N) is 4. The maximum atomic E-state index is 13.8. The maximum absolute atomic E-state index is 13.8.